The first-order valence-corrected chi connectivity index (χ1v) is 9.04. The van der Waals surface area contributed by atoms with Crippen LogP contribution in [0.5, 0.6) is 0 Å². The fraction of sp³-hybridized carbons (Fsp3) is 0.579. The third kappa shape index (κ3) is 5.34. The largest absolute Gasteiger partial charge is 0.380 e. The van der Waals surface area contributed by atoms with Crippen LogP contribution in [-0.2, 0) is 22.5 Å². The molecule has 1 aromatic heterocycles. The van der Waals surface area contributed by atoms with E-state index >= 15 is 0 Å². The zero-order valence-electron chi connectivity index (χ0n) is 14.9. The minimum Gasteiger partial charge on any atom is -0.380 e. The van der Waals surface area contributed by atoms with E-state index in [9.17, 15) is 4.79 Å². The molecule has 0 atom stereocenters. The molecule has 5 nitrogen and oxygen atoms in total. The lowest BCUT2D eigenvalue weighted by Gasteiger charge is -2.09. The summed E-state index contributed by atoms with van der Waals surface area (Å²) in [5.41, 5.74) is 2.24. The maximum atomic E-state index is 11.2. The number of nitrogens with zero attached hydrogens (tertiary/aromatic N) is 2. The number of rotatable bonds is 11. The standard InChI is InChI=1S/C19H29N3O2/c1-3-19(23)20-13-9-5-6-12-18-21-16-10-7-8-11-17(16)22(18)14-15-24-4-2/h7-8,10-11H,3-6,9,12-15H2,1-2H3,(H,20,23). The SMILES string of the molecule is CCOCCn1c(CCCCCNC(=O)CC)nc2ccccc21. The van der Waals surface area contributed by atoms with Crippen LogP contribution in [0.3, 0.4) is 0 Å². The lowest BCUT2D eigenvalue weighted by Crippen LogP contribution is -2.23. The minimum atomic E-state index is 0.132. The van der Waals surface area contributed by atoms with Crippen LogP contribution in [0.1, 0.15) is 45.4 Å². The molecule has 1 heterocycles. The maximum absolute atomic E-state index is 11.2. The Morgan fingerprint density at radius 3 is 2.83 bits per heavy atom. The van der Waals surface area contributed by atoms with Gasteiger partial charge in [0.2, 0.25) is 5.91 Å². The number of carbonyl (C=O) groups is 1. The molecule has 0 fully saturated rings. The number of hydrogen-bond acceptors (Lipinski definition) is 3. The van der Waals surface area contributed by atoms with E-state index < -0.39 is 0 Å². The molecule has 0 aliphatic carbocycles. The summed E-state index contributed by atoms with van der Waals surface area (Å²) in [4.78, 5) is 16.0. The molecular weight excluding hydrogens is 302 g/mol. The van der Waals surface area contributed by atoms with Crippen molar-refractivity contribution in [3.8, 4) is 0 Å². The van der Waals surface area contributed by atoms with E-state index in [1.165, 1.54) is 5.52 Å². The second kappa shape index (κ2) is 10.1. The number of para-hydroxylation sites is 2. The summed E-state index contributed by atoms with van der Waals surface area (Å²) < 4.78 is 7.79. The zero-order valence-corrected chi connectivity index (χ0v) is 14.9. The average Bonchev–Trinajstić information content (AvgIpc) is 2.95. The molecule has 0 aliphatic heterocycles. The predicted molar refractivity (Wildman–Crippen MR) is 97.1 cm³/mol. The van der Waals surface area contributed by atoms with E-state index in [2.05, 4.69) is 28.1 Å². The van der Waals surface area contributed by atoms with Gasteiger partial charge in [-0.05, 0) is 31.9 Å². The van der Waals surface area contributed by atoms with Gasteiger partial charge in [-0.2, -0.15) is 0 Å². The number of benzene rings is 1. The molecule has 0 bridgehead atoms. The van der Waals surface area contributed by atoms with Gasteiger partial charge in [-0.1, -0.05) is 25.5 Å². The smallest absolute Gasteiger partial charge is 0.219 e. The van der Waals surface area contributed by atoms with E-state index in [1.54, 1.807) is 0 Å². The van der Waals surface area contributed by atoms with Crippen LogP contribution in [0.25, 0.3) is 11.0 Å². The Morgan fingerprint density at radius 1 is 1.21 bits per heavy atom. The van der Waals surface area contributed by atoms with E-state index in [-0.39, 0.29) is 5.91 Å². The highest BCUT2D eigenvalue weighted by molar-refractivity contribution is 5.76. The van der Waals surface area contributed by atoms with Crippen LogP contribution >= 0.6 is 0 Å². The number of imidazole rings is 1. The Kier molecular flexibility index (Phi) is 7.75. The fourth-order valence-electron chi connectivity index (χ4n) is 2.80. The highest BCUT2D eigenvalue weighted by Crippen LogP contribution is 2.17. The minimum absolute atomic E-state index is 0.132. The van der Waals surface area contributed by atoms with Gasteiger partial charge in [-0.15, -0.1) is 0 Å². The third-order valence-electron chi connectivity index (χ3n) is 4.12. The lowest BCUT2D eigenvalue weighted by molar-refractivity contribution is -0.120. The van der Waals surface area contributed by atoms with Gasteiger partial charge in [0, 0.05) is 32.5 Å². The first-order valence-electron chi connectivity index (χ1n) is 9.04. The van der Waals surface area contributed by atoms with Gasteiger partial charge >= 0.3 is 0 Å². The van der Waals surface area contributed by atoms with E-state index in [4.69, 9.17) is 9.72 Å². The summed E-state index contributed by atoms with van der Waals surface area (Å²) in [6, 6.07) is 8.28. The molecule has 0 unspecified atom stereocenters. The molecule has 5 heteroatoms. The molecule has 0 spiro atoms. The van der Waals surface area contributed by atoms with Crippen LogP contribution < -0.4 is 5.32 Å². The first-order chi connectivity index (χ1) is 11.8. The van der Waals surface area contributed by atoms with Crippen LogP contribution in [0.15, 0.2) is 24.3 Å². The molecule has 0 aliphatic rings. The van der Waals surface area contributed by atoms with Gasteiger partial charge in [0.15, 0.2) is 0 Å². The number of aryl methyl sites for hydroxylation is 1. The molecule has 1 aromatic carbocycles. The summed E-state index contributed by atoms with van der Waals surface area (Å²) >= 11 is 0. The number of nitrogens with one attached hydrogen (secondary N) is 1. The zero-order chi connectivity index (χ0) is 17.2. The predicted octanol–water partition coefficient (Wildman–Crippen LogP) is 3.31. The molecular formula is C19H29N3O2. The highest BCUT2D eigenvalue weighted by Gasteiger charge is 2.09. The van der Waals surface area contributed by atoms with Crippen molar-refractivity contribution >= 4 is 16.9 Å². The molecule has 2 aromatic rings. The molecule has 0 saturated heterocycles. The number of unbranched alkanes of at least 4 members (excludes halogenated alkanes) is 2. The van der Waals surface area contributed by atoms with Crippen LogP contribution in [-0.4, -0.2) is 35.2 Å². The second-order valence-corrected chi connectivity index (χ2v) is 5.88. The first kappa shape index (κ1) is 18.5. The Balaban J connectivity index is 1.88. The number of aromatic nitrogens is 2. The van der Waals surface area contributed by atoms with E-state index in [0.717, 1.165) is 56.7 Å². The Labute approximate surface area is 144 Å². The number of amides is 1. The molecule has 132 valence electrons. The van der Waals surface area contributed by atoms with Crippen molar-refractivity contribution in [2.75, 3.05) is 19.8 Å². The third-order valence-corrected chi connectivity index (χ3v) is 4.12. The molecule has 24 heavy (non-hydrogen) atoms. The van der Waals surface area contributed by atoms with Gasteiger partial charge in [0.1, 0.15) is 5.82 Å². The second-order valence-electron chi connectivity index (χ2n) is 5.88. The van der Waals surface area contributed by atoms with Crippen molar-refractivity contribution in [3.05, 3.63) is 30.1 Å². The van der Waals surface area contributed by atoms with Crippen molar-refractivity contribution in [1.29, 1.82) is 0 Å². The Bertz CT molecular complexity index is 637. The van der Waals surface area contributed by atoms with Crippen LogP contribution in [0, 0.1) is 0 Å². The summed E-state index contributed by atoms with van der Waals surface area (Å²) in [6.45, 7) is 6.97. The highest BCUT2D eigenvalue weighted by atomic mass is 16.5. The van der Waals surface area contributed by atoms with Gasteiger partial charge in [-0.3, -0.25) is 4.79 Å². The lowest BCUT2D eigenvalue weighted by atomic mass is 10.2. The number of hydrogen-bond donors (Lipinski definition) is 1. The Morgan fingerprint density at radius 2 is 2.04 bits per heavy atom. The number of ether oxygens (including phenoxy) is 1. The Hall–Kier alpha value is -1.88. The van der Waals surface area contributed by atoms with Crippen molar-refractivity contribution in [3.63, 3.8) is 0 Å². The topological polar surface area (TPSA) is 56.1 Å². The molecule has 1 N–H and O–H groups in total. The fourth-order valence-corrected chi connectivity index (χ4v) is 2.80. The maximum Gasteiger partial charge on any atom is 0.219 e. The molecule has 0 radical (unpaired) electrons. The normalized spacial score (nSPS) is 11.1. The summed E-state index contributed by atoms with van der Waals surface area (Å²) in [7, 11) is 0. The van der Waals surface area contributed by atoms with Crippen molar-refractivity contribution in [2.24, 2.45) is 0 Å². The van der Waals surface area contributed by atoms with Crippen molar-refractivity contribution in [1.82, 2.24) is 14.9 Å². The van der Waals surface area contributed by atoms with Gasteiger partial charge < -0.3 is 14.6 Å². The van der Waals surface area contributed by atoms with Crippen molar-refractivity contribution < 1.29 is 9.53 Å². The monoisotopic (exact) mass is 331 g/mol. The average molecular weight is 331 g/mol. The van der Waals surface area contributed by atoms with Crippen LogP contribution in [0.4, 0.5) is 0 Å². The summed E-state index contributed by atoms with van der Waals surface area (Å²) in [5, 5.41) is 2.92. The summed E-state index contributed by atoms with van der Waals surface area (Å²) in [5.74, 6) is 1.27. The molecule has 0 saturated carbocycles. The van der Waals surface area contributed by atoms with Gasteiger partial charge in [0.25, 0.3) is 0 Å². The van der Waals surface area contributed by atoms with E-state index in [0.29, 0.717) is 13.0 Å². The van der Waals surface area contributed by atoms with Gasteiger partial charge in [0.05, 0.1) is 17.6 Å². The molecule has 1 amide bonds. The number of carbonyl (C=O) groups excluding carboxylic acids is 1. The van der Waals surface area contributed by atoms with Crippen molar-refractivity contribution in [2.45, 2.75) is 52.5 Å². The molecule has 2 rings (SSSR count). The van der Waals surface area contributed by atoms with Crippen LogP contribution in [0.2, 0.25) is 0 Å². The summed E-state index contributed by atoms with van der Waals surface area (Å²) in [6.07, 6.45) is 4.72. The van der Waals surface area contributed by atoms with E-state index in [1.807, 2.05) is 19.9 Å². The number of fused-ring (bicyclic) bond motifs is 1. The quantitative estimate of drug-likeness (QED) is 0.643. The van der Waals surface area contributed by atoms with Gasteiger partial charge in [-0.25, -0.2) is 4.98 Å².